The number of carbonyl (C=O) groups is 5. The van der Waals surface area contributed by atoms with E-state index in [0.717, 1.165) is 18.2 Å². The van der Waals surface area contributed by atoms with E-state index in [0.29, 0.717) is 11.1 Å². The molecule has 4 rings (SSSR count). The lowest BCUT2D eigenvalue weighted by molar-refractivity contribution is -0.255. The third-order valence-corrected chi connectivity index (χ3v) is 5.45. The molecule has 0 fully saturated rings. The number of aromatic carboxylic acids is 2. The summed E-state index contributed by atoms with van der Waals surface area (Å²) in [5, 5.41) is 30.4. The van der Waals surface area contributed by atoms with Crippen LogP contribution in [0.15, 0.2) is 97.1 Å². The van der Waals surface area contributed by atoms with Crippen LogP contribution in [0.3, 0.4) is 0 Å². The Morgan fingerprint density at radius 2 is 0.744 bits per heavy atom. The number of rotatable bonds is 8. The van der Waals surface area contributed by atoms with Crippen LogP contribution in [0, 0.1) is 0 Å². The molecule has 194 valence electrons. The monoisotopic (exact) mass is 521 g/mol. The number of hydrogen-bond donors (Lipinski definition) is 3. The molecule has 0 atom stereocenters. The van der Waals surface area contributed by atoms with Gasteiger partial charge in [0.25, 0.3) is 17.7 Å². The van der Waals surface area contributed by atoms with E-state index in [9.17, 15) is 34.2 Å². The van der Waals surface area contributed by atoms with E-state index < -0.39 is 40.8 Å². The highest BCUT2D eigenvalue weighted by atomic mass is 16.4. The van der Waals surface area contributed by atoms with E-state index in [1.807, 2.05) is 0 Å². The van der Waals surface area contributed by atoms with Gasteiger partial charge in [0, 0.05) is 33.8 Å². The van der Waals surface area contributed by atoms with E-state index in [-0.39, 0.29) is 22.6 Å². The summed E-state index contributed by atoms with van der Waals surface area (Å²) in [4.78, 5) is 61.2. The minimum Gasteiger partial charge on any atom is -0.545 e. The van der Waals surface area contributed by atoms with Gasteiger partial charge in [-0.3, -0.25) is 14.4 Å². The summed E-state index contributed by atoms with van der Waals surface area (Å²) in [6, 6.07) is 23.7. The summed E-state index contributed by atoms with van der Waals surface area (Å²) >= 11 is 0. The van der Waals surface area contributed by atoms with E-state index in [4.69, 9.17) is 0 Å². The van der Waals surface area contributed by atoms with Crippen LogP contribution in [0.5, 0.6) is 0 Å². The van der Waals surface area contributed by atoms with Crippen molar-refractivity contribution in [1.82, 2.24) is 0 Å². The maximum atomic E-state index is 13.1. The van der Waals surface area contributed by atoms with Gasteiger partial charge < -0.3 is 35.8 Å². The number of carboxylic acids is 2. The fraction of sp³-hybridized carbons (Fsp3) is 0. The third kappa shape index (κ3) is 6.71. The van der Waals surface area contributed by atoms with Crippen LogP contribution in [0.4, 0.5) is 17.1 Å². The van der Waals surface area contributed by atoms with Gasteiger partial charge in [-0.1, -0.05) is 36.4 Å². The zero-order chi connectivity index (χ0) is 27.9. The molecule has 0 unspecified atom stereocenters. The lowest BCUT2D eigenvalue weighted by Crippen LogP contribution is -2.26. The maximum Gasteiger partial charge on any atom is 0.255 e. The number of carbonyl (C=O) groups excluding carboxylic acids is 5. The molecule has 39 heavy (non-hydrogen) atoms. The second kappa shape index (κ2) is 11.5. The molecular weight excluding hydrogens is 502 g/mol. The van der Waals surface area contributed by atoms with Crippen LogP contribution in [-0.4, -0.2) is 29.7 Å². The molecule has 10 heteroatoms. The van der Waals surface area contributed by atoms with Crippen molar-refractivity contribution in [3.63, 3.8) is 0 Å². The number of hydrogen-bond acceptors (Lipinski definition) is 7. The summed E-state index contributed by atoms with van der Waals surface area (Å²) in [5.41, 5.74) is -0.0595. The lowest BCUT2D eigenvalue weighted by Gasteiger charge is -2.14. The largest absolute Gasteiger partial charge is 0.545 e. The van der Waals surface area contributed by atoms with Gasteiger partial charge in [-0.25, -0.2) is 0 Å². The molecule has 0 aliphatic carbocycles. The average Bonchev–Trinajstić information content (AvgIpc) is 2.93. The van der Waals surface area contributed by atoms with Crippen LogP contribution in [0.2, 0.25) is 0 Å². The quantitative estimate of drug-likeness (QED) is 0.319. The molecule has 3 amide bonds. The van der Waals surface area contributed by atoms with Crippen molar-refractivity contribution in [3.05, 3.63) is 125 Å². The van der Waals surface area contributed by atoms with Gasteiger partial charge in [0.05, 0.1) is 11.9 Å². The van der Waals surface area contributed by atoms with Crippen LogP contribution >= 0.6 is 0 Å². The molecule has 0 aliphatic heterocycles. The number of amides is 3. The van der Waals surface area contributed by atoms with Crippen molar-refractivity contribution in [1.29, 1.82) is 0 Å². The van der Waals surface area contributed by atoms with E-state index in [2.05, 4.69) is 16.0 Å². The van der Waals surface area contributed by atoms with Gasteiger partial charge in [-0.2, -0.15) is 0 Å². The number of nitrogens with one attached hydrogen (secondary N) is 3. The smallest absolute Gasteiger partial charge is 0.255 e. The standard InChI is InChI=1S/C29H21N3O7/c33-25(17-7-3-1-4-8-17)31-23-12-19(13-24(16-23)32-26(34)18-9-5-2-6-10-18)27(35)30-22-14-20(28(36)37)11-21(15-22)29(38)39/h1-16H,(H,30,35)(H,31,33)(H,32,34)(H,36,37)(H,38,39)/p-2. The normalized spacial score (nSPS) is 10.3. The van der Waals surface area contributed by atoms with Crippen LogP contribution in [-0.2, 0) is 0 Å². The minimum absolute atomic E-state index is 0.0296. The predicted molar refractivity (Wildman–Crippen MR) is 138 cm³/mol. The molecule has 4 aromatic rings. The summed E-state index contributed by atoms with van der Waals surface area (Å²) in [6.45, 7) is 0. The van der Waals surface area contributed by atoms with Crippen LogP contribution in [0.1, 0.15) is 51.8 Å². The number of benzene rings is 4. The second-order valence-corrected chi connectivity index (χ2v) is 8.27. The Kier molecular flexibility index (Phi) is 7.77. The summed E-state index contributed by atoms with van der Waals surface area (Å²) in [5.74, 6) is -5.00. The van der Waals surface area contributed by atoms with Gasteiger partial charge in [-0.05, 0) is 71.8 Å². The van der Waals surface area contributed by atoms with Gasteiger partial charge in [0.2, 0.25) is 0 Å². The Balaban J connectivity index is 1.67. The molecule has 0 aromatic heterocycles. The Labute approximate surface area is 221 Å². The zero-order valence-electron chi connectivity index (χ0n) is 20.1. The minimum atomic E-state index is -1.65. The SMILES string of the molecule is O=C([O-])c1cc(NC(=O)c2cc(NC(=O)c3ccccc3)cc(NC(=O)c3ccccc3)c2)cc(C(=O)[O-])c1. The fourth-order valence-electron chi connectivity index (χ4n) is 3.63. The van der Waals surface area contributed by atoms with Crippen LogP contribution in [0.25, 0.3) is 0 Å². The highest BCUT2D eigenvalue weighted by molar-refractivity contribution is 6.10. The molecule has 0 bridgehead atoms. The van der Waals surface area contributed by atoms with Crippen molar-refractivity contribution < 1.29 is 34.2 Å². The molecule has 0 spiro atoms. The van der Waals surface area contributed by atoms with Crippen molar-refractivity contribution >= 4 is 46.7 Å². The van der Waals surface area contributed by atoms with Crippen molar-refractivity contribution in [3.8, 4) is 0 Å². The number of carboxylic acid groups (broad SMARTS) is 2. The molecule has 3 N–H and O–H groups in total. The van der Waals surface area contributed by atoms with E-state index in [1.165, 1.54) is 18.2 Å². The molecule has 0 saturated heterocycles. The first kappa shape index (κ1) is 26.3. The average molecular weight is 521 g/mol. The van der Waals surface area contributed by atoms with Gasteiger partial charge >= 0.3 is 0 Å². The molecule has 4 aromatic carbocycles. The Morgan fingerprint density at radius 1 is 0.410 bits per heavy atom. The third-order valence-electron chi connectivity index (χ3n) is 5.45. The Hall–Kier alpha value is -5.77. The Morgan fingerprint density at radius 3 is 1.13 bits per heavy atom. The molecular formula is C29H19N3O7-2. The van der Waals surface area contributed by atoms with Crippen LogP contribution < -0.4 is 26.2 Å². The molecule has 0 aliphatic rings. The highest BCUT2D eigenvalue weighted by Gasteiger charge is 2.15. The predicted octanol–water partition coefficient (Wildman–Crippen LogP) is 2.17. The number of anilines is 3. The van der Waals surface area contributed by atoms with E-state index in [1.54, 1.807) is 60.7 Å². The molecule has 0 saturated carbocycles. The van der Waals surface area contributed by atoms with E-state index >= 15 is 0 Å². The molecule has 0 heterocycles. The highest BCUT2D eigenvalue weighted by Crippen LogP contribution is 2.23. The molecule has 10 nitrogen and oxygen atoms in total. The lowest BCUT2D eigenvalue weighted by atomic mass is 10.1. The van der Waals surface area contributed by atoms with Gasteiger partial charge in [0.15, 0.2) is 0 Å². The van der Waals surface area contributed by atoms with Gasteiger partial charge in [-0.15, -0.1) is 0 Å². The van der Waals surface area contributed by atoms with Gasteiger partial charge in [0.1, 0.15) is 0 Å². The molecule has 0 radical (unpaired) electrons. The van der Waals surface area contributed by atoms with Crippen molar-refractivity contribution in [2.24, 2.45) is 0 Å². The fourth-order valence-corrected chi connectivity index (χ4v) is 3.63. The zero-order valence-corrected chi connectivity index (χ0v) is 20.1. The second-order valence-electron chi connectivity index (χ2n) is 8.27. The summed E-state index contributed by atoms with van der Waals surface area (Å²) in [7, 11) is 0. The summed E-state index contributed by atoms with van der Waals surface area (Å²) < 4.78 is 0. The Bertz CT molecular complexity index is 1480. The first-order valence-electron chi connectivity index (χ1n) is 11.5. The van der Waals surface area contributed by atoms with Crippen molar-refractivity contribution in [2.75, 3.05) is 16.0 Å². The first-order valence-corrected chi connectivity index (χ1v) is 11.5. The summed E-state index contributed by atoms with van der Waals surface area (Å²) in [6.07, 6.45) is 0. The topological polar surface area (TPSA) is 168 Å². The first-order chi connectivity index (χ1) is 18.7. The maximum absolute atomic E-state index is 13.1. The van der Waals surface area contributed by atoms with Crippen molar-refractivity contribution in [2.45, 2.75) is 0 Å².